The van der Waals surface area contributed by atoms with Crippen molar-refractivity contribution < 1.29 is 23.8 Å². The summed E-state index contributed by atoms with van der Waals surface area (Å²) in [6.07, 6.45) is 0. The number of hydrogen-bond acceptors (Lipinski definition) is 5. The van der Waals surface area contributed by atoms with Gasteiger partial charge in [0.25, 0.3) is 11.8 Å². The lowest BCUT2D eigenvalue weighted by Crippen LogP contribution is -2.28. The van der Waals surface area contributed by atoms with Gasteiger partial charge in [-0.05, 0) is 65.1 Å². The Kier molecular flexibility index (Phi) is 6.72. The van der Waals surface area contributed by atoms with E-state index in [4.69, 9.17) is 14.2 Å². The molecule has 0 atom stereocenters. The van der Waals surface area contributed by atoms with Gasteiger partial charge in [0.15, 0.2) is 18.1 Å². The van der Waals surface area contributed by atoms with Crippen LogP contribution in [0.15, 0.2) is 66.7 Å². The van der Waals surface area contributed by atoms with Crippen LogP contribution in [-0.4, -0.2) is 25.2 Å². The Bertz CT molecular complexity index is 1170. The third kappa shape index (κ3) is 5.86. The van der Waals surface area contributed by atoms with Crippen molar-refractivity contribution in [1.29, 1.82) is 0 Å². The highest BCUT2D eigenvalue weighted by atomic mass is 16.7. The van der Waals surface area contributed by atoms with Gasteiger partial charge in [0.05, 0.1) is 0 Å². The number of carbonyl (C=O) groups excluding carboxylic acids is 2. The van der Waals surface area contributed by atoms with Crippen LogP contribution in [0.2, 0.25) is 0 Å². The zero-order valence-electron chi connectivity index (χ0n) is 19.5. The Morgan fingerprint density at radius 1 is 0.912 bits per heavy atom. The Labute approximate surface area is 199 Å². The van der Waals surface area contributed by atoms with E-state index in [0.717, 1.165) is 5.56 Å². The molecule has 0 saturated carbocycles. The molecule has 0 aliphatic carbocycles. The quantitative estimate of drug-likeness (QED) is 0.536. The van der Waals surface area contributed by atoms with E-state index in [1.54, 1.807) is 24.3 Å². The van der Waals surface area contributed by atoms with Gasteiger partial charge in [-0.1, -0.05) is 39.0 Å². The van der Waals surface area contributed by atoms with Gasteiger partial charge in [0.1, 0.15) is 5.75 Å². The average molecular weight is 461 g/mol. The predicted molar refractivity (Wildman–Crippen MR) is 129 cm³/mol. The van der Waals surface area contributed by atoms with E-state index < -0.39 is 0 Å². The summed E-state index contributed by atoms with van der Waals surface area (Å²) in [4.78, 5) is 24.6. The smallest absolute Gasteiger partial charge is 0.258 e. The Morgan fingerprint density at radius 3 is 2.32 bits per heavy atom. The van der Waals surface area contributed by atoms with Crippen LogP contribution in [0, 0.1) is 0 Å². The number of amides is 2. The summed E-state index contributed by atoms with van der Waals surface area (Å²) in [5.41, 5.74) is 3.35. The molecule has 0 saturated heterocycles. The van der Waals surface area contributed by atoms with E-state index >= 15 is 0 Å². The van der Waals surface area contributed by atoms with Crippen LogP contribution in [0.1, 0.15) is 42.3 Å². The summed E-state index contributed by atoms with van der Waals surface area (Å²) in [6, 6.07) is 20.0. The van der Waals surface area contributed by atoms with Gasteiger partial charge in [-0.25, -0.2) is 0 Å². The molecule has 34 heavy (non-hydrogen) atoms. The first kappa shape index (κ1) is 23.2. The monoisotopic (exact) mass is 460 g/mol. The molecule has 2 amide bonds. The molecule has 0 radical (unpaired) electrons. The molecule has 7 heteroatoms. The van der Waals surface area contributed by atoms with Gasteiger partial charge in [0.2, 0.25) is 6.79 Å². The van der Waals surface area contributed by atoms with Gasteiger partial charge < -0.3 is 24.8 Å². The second-order valence-corrected chi connectivity index (χ2v) is 9.06. The zero-order valence-corrected chi connectivity index (χ0v) is 19.5. The molecule has 3 aromatic rings. The van der Waals surface area contributed by atoms with Crippen molar-refractivity contribution in [2.75, 3.05) is 18.7 Å². The fourth-order valence-electron chi connectivity index (χ4n) is 3.41. The fraction of sp³-hybridized carbons (Fsp3) is 0.259. The molecule has 7 nitrogen and oxygen atoms in total. The zero-order chi connectivity index (χ0) is 24.1. The number of ether oxygens (including phenoxy) is 3. The first-order valence-corrected chi connectivity index (χ1v) is 11.1. The van der Waals surface area contributed by atoms with E-state index in [0.29, 0.717) is 35.0 Å². The Morgan fingerprint density at radius 2 is 1.62 bits per heavy atom. The first-order chi connectivity index (χ1) is 16.3. The van der Waals surface area contributed by atoms with Gasteiger partial charge in [-0.15, -0.1) is 0 Å². The van der Waals surface area contributed by atoms with Gasteiger partial charge in [-0.3, -0.25) is 9.59 Å². The molecule has 2 N–H and O–H groups in total. The van der Waals surface area contributed by atoms with Crippen molar-refractivity contribution >= 4 is 17.5 Å². The molecule has 176 valence electrons. The second kappa shape index (κ2) is 9.87. The highest BCUT2D eigenvalue weighted by Gasteiger charge is 2.15. The summed E-state index contributed by atoms with van der Waals surface area (Å²) < 4.78 is 16.2. The van der Waals surface area contributed by atoms with Crippen LogP contribution in [0.4, 0.5) is 5.69 Å². The largest absolute Gasteiger partial charge is 0.484 e. The number of carbonyl (C=O) groups is 2. The highest BCUT2D eigenvalue weighted by Crippen LogP contribution is 2.32. The van der Waals surface area contributed by atoms with E-state index in [2.05, 4.69) is 31.4 Å². The van der Waals surface area contributed by atoms with Gasteiger partial charge >= 0.3 is 0 Å². The maximum Gasteiger partial charge on any atom is 0.258 e. The summed E-state index contributed by atoms with van der Waals surface area (Å²) in [6.45, 7) is 6.86. The maximum atomic E-state index is 12.5. The molecule has 0 bridgehead atoms. The molecular weight excluding hydrogens is 432 g/mol. The number of rotatable bonds is 7. The lowest BCUT2D eigenvalue weighted by molar-refractivity contribution is -0.123. The minimum Gasteiger partial charge on any atom is -0.484 e. The van der Waals surface area contributed by atoms with Crippen molar-refractivity contribution in [1.82, 2.24) is 5.32 Å². The lowest BCUT2D eigenvalue weighted by Gasteiger charge is -2.19. The summed E-state index contributed by atoms with van der Waals surface area (Å²) >= 11 is 0. The van der Waals surface area contributed by atoms with Crippen LogP contribution in [0.25, 0.3) is 0 Å². The molecule has 1 heterocycles. The molecule has 3 aromatic carbocycles. The molecule has 0 spiro atoms. The third-order valence-corrected chi connectivity index (χ3v) is 5.42. The van der Waals surface area contributed by atoms with Crippen LogP contribution in [-0.2, 0) is 16.8 Å². The van der Waals surface area contributed by atoms with Crippen molar-refractivity contribution in [2.24, 2.45) is 0 Å². The molecule has 0 aromatic heterocycles. The number of hydrogen-bond donors (Lipinski definition) is 2. The summed E-state index contributed by atoms with van der Waals surface area (Å²) in [5, 5.41) is 5.68. The predicted octanol–water partition coefficient (Wildman–Crippen LogP) is 4.66. The number of anilines is 1. The van der Waals surface area contributed by atoms with Crippen molar-refractivity contribution in [3.8, 4) is 17.2 Å². The lowest BCUT2D eigenvalue weighted by atomic mass is 9.87. The molecule has 1 aliphatic rings. The average Bonchev–Trinajstić information content (AvgIpc) is 3.30. The molecule has 1 aliphatic heterocycles. The van der Waals surface area contributed by atoms with Crippen molar-refractivity contribution in [3.63, 3.8) is 0 Å². The van der Waals surface area contributed by atoms with Crippen LogP contribution < -0.4 is 24.8 Å². The molecule has 4 rings (SSSR count). The fourth-order valence-corrected chi connectivity index (χ4v) is 3.41. The van der Waals surface area contributed by atoms with Crippen LogP contribution in [0.5, 0.6) is 17.2 Å². The Balaban J connectivity index is 1.23. The van der Waals surface area contributed by atoms with Crippen molar-refractivity contribution in [2.45, 2.75) is 32.7 Å². The standard InChI is InChI=1S/C27H28N2O5/c1-27(2,3)20-7-5-19(6-8-20)26(31)29-21-9-11-22(12-10-21)32-16-25(30)28-15-18-4-13-23-24(14-18)34-17-33-23/h4-14H,15-17H2,1-3H3,(H,28,30)(H,29,31). The van der Waals surface area contributed by atoms with Gasteiger partial charge in [0, 0.05) is 17.8 Å². The maximum absolute atomic E-state index is 12.5. The second-order valence-electron chi connectivity index (χ2n) is 9.06. The topological polar surface area (TPSA) is 85.9 Å². The van der Waals surface area contributed by atoms with E-state index in [1.807, 2.05) is 42.5 Å². The van der Waals surface area contributed by atoms with E-state index in [-0.39, 0.29) is 30.6 Å². The molecular formula is C27H28N2O5. The molecule has 0 fully saturated rings. The third-order valence-electron chi connectivity index (χ3n) is 5.42. The van der Waals surface area contributed by atoms with Gasteiger partial charge in [-0.2, -0.15) is 0 Å². The van der Waals surface area contributed by atoms with Crippen LogP contribution >= 0.6 is 0 Å². The number of fused-ring (bicyclic) bond motifs is 1. The number of nitrogens with one attached hydrogen (secondary N) is 2. The highest BCUT2D eigenvalue weighted by molar-refractivity contribution is 6.04. The molecule has 0 unspecified atom stereocenters. The minimum absolute atomic E-state index is 0.0354. The van der Waals surface area contributed by atoms with E-state index in [9.17, 15) is 9.59 Å². The van der Waals surface area contributed by atoms with Crippen molar-refractivity contribution in [3.05, 3.63) is 83.4 Å². The SMILES string of the molecule is CC(C)(C)c1ccc(C(=O)Nc2ccc(OCC(=O)NCc3ccc4c(c3)OCO4)cc2)cc1. The minimum atomic E-state index is -0.242. The van der Waals surface area contributed by atoms with Crippen LogP contribution in [0.3, 0.4) is 0 Å². The van der Waals surface area contributed by atoms with E-state index in [1.165, 1.54) is 5.56 Å². The first-order valence-electron chi connectivity index (χ1n) is 11.1. The summed E-state index contributed by atoms with van der Waals surface area (Å²) in [5.74, 6) is 1.49. The number of benzene rings is 3. The Hall–Kier alpha value is -4.00. The normalized spacial score (nSPS) is 12.2. The summed E-state index contributed by atoms with van der Waals surface area (Å²) in [7, 11) is 0.